The average molecular weight is 327 g/mol. The molecule has 1 aromatic carbocycles. The maximum absolute atomic E-state index is 13.3. The van der Waals surface area contributed by atoms with Gasteiger partial charge in [0.2, 0.25) is 0 Å². The largest absolute Gasteiger partial charge is 0.423 e. The van der Waals surface area contributed by atoms with E-state index in [1.165, 1.54) is 12.1 Å². The van der Waals surface area contributed by atoms with Crippen molar-refractivity contribution in [3.05, 3.63) is 48.3 Å². The minimum Gasteiger partial charge on any atom is -0.423 e. The molecular weight excluding hydrogens is 309 g/mol. The molecule has 1 aliphatic rings. The fourth-order valence-electron chi connectivity index (χ4n) is 3.06. The molecule has 1 unspecified atom stereocenters. The molecule has 0 aliphatic carbocycles. The summed E-state index contributed by atoms with van der Waals surface area (Å²) < 4.78 is 19.0. The number of oxazole rings is 1. The Morgan fingerprint density at radius 3 is 3.00 bits per heavy atom. The van der Waals surface area contributed by atoms with Crippen LogP contribution in [0.5, 0.6) is 0 Å². The molecule has 1 saturated heterocycles. The standard InChI is InChI=1S/C17H18FN5O/c1-22(11-16-19-6-2-7-20-16)13-5-8-23(10-13)17-21-14-9-12(18)3-4-15(14)24-17/h2-4,6-7,9,13H,5,8,10-11H2,1H3. The van der Waals surface area contributed by atoms with Gasteiger partial charge < -0.3 is 9.32 Å². The van der Waals surface area contributed by atoms with Crippen molar-refractivity contribution in [3.63, 3.8) is 0 Å². The maximum atomic E-state index is 13.3. The highest BCUT2D eigenvalue weighted by molar-refractivity contribution is 5.74. The van der Waals surface area contributed by atoms with Gasteiger partial charge in [0.1, 0.15) is 17.2 Å². The van der Waals surface area contributed by atoms with Crippen LogP contribution in [0.2, 0.25) is 0 Å². The van der Waals surface area contributed by atoms with Crippen LogP contribution in [0, 0.1) is 5.82 Å². The molecule has 1 atom stereocenters. The van der Waals surface area contributed by atoms with E-state index >= 15 is 0 Å². The molecule has 0 bridgehead atoms. The first-order valence-corrected chi connectivity index (χ1v) is 7.96. The lowest BCUT2D eigenvalue weighted by atomic mass is 10.2. The van der Waals surface area contributed by atoms with E-state index in [2.05, 4.69) is 31.8 Å². The highest BCUT2D eigenvalue weighted by Gasteiger charge is 2.29. The molecule has 7 heteroatoms. The van der Waals surface area contributed by atoms with E-state index < -0.39 is 0 Å². The van der Waals surface area contributed by atoms with Crippen molar-refractivity contribution in [2.24, 2.45) is 0 Å². The Labute approximate surface area is 138 Å². The first kappa shape index (κ1) is 15.0. The second kappa shape index (κ2) is 6.16. The number of fused-ring (bicyclic) bond motifs is 1. The summed E-state index contributed by atoms with van der Waals surface area (Å²) in [5, 5.41) is 0. The van der Waals surface area contributed by atoms with E-state index in [-0.39, 0.29) is 5.82 Å². The third kappa shape index (κ3) is 2.94. The molecule has 2 aromatic heterocycles. The molecule has 3 heterocycles. The average Bonchev–Trinajstić information content (AvgIpc) is 3.22. The maximum Gasteiger partial charge on any atom is 0.298 e. The molecule has 4 rings (SSSR count). The summed E-state index contributed by atoms with van der Waals surface area (Å²) in [6, 6.07) is 7.15. The molecular formula is C17H18FN5O. The number of likely N-dealkylation sites (N-methyl/N-ethyl adjacent to an activating group) is 1. The summed E-state index contributed by atoms with van der Waals surface area (Å²) >= 11 is 0. The van der Waals surface area contributed by atoms with Gasteiger partial charge in [-0.1, -0.05) is 0 Å². The summed E-state index contributed by atoms with van der Waals surface area (Å²) in [5.41, 5.74) is 1.17. The van der Waals surface area contributed by atoms with Gasteiger partial charge in [-0.15, -0.1) is 0 Å². The zero-order chi connectivity index (χ0) is 16.5. The lowest BCUT2D eigenvalue weighted by molar-refractivity contribution is 0.244. The molecule has 0 N–H and O–H groups in total. The summed E-state index contributed by atoms with van der Waals surface area (Å²) in [7, 11) is 2.08. The Kier molecular flexibility index (Phi) is 3.86. The van der Waals surface area contributed by atoms with Crippen LogP contribution in [0.1, 0.15) is 12.2 Å². The van der Waals surface area contributed by atoms with Crippen LogP contribution in [-0.2, 0) is 6.54 Å². The van der Waals surface area contributed by atoms with Gasteiger partial charge in [0.05, 0.1) is 6.54 Å². The minimum atomic E-state index is -0.302. The quantitative estimate of drug-likeness (QED) is 0.734. The van der Waals surface area contributed by atoms with Gasteiger partial charge in [-0.05, 0) is 31.7 Å². The molecule has 3 aromatic rings. The van der Waals surface area contributed by atoms with Crippen LogP contribution in [0.3, 0.4) is 0 Å². The number of halogens is 1. The van der Waals surface area contributed by atoms with Gasteiger partial charge in [0.25, 0.3) is 6.01 Å². The summed E-state index contributed by atoms with van der Waals surface area (Å²) in [5.74, 6) is 0.514. The van der Waals surface area contributed by atoms with E-state index in [0.29, 0.717) is 29.7 Å². The number of hydrogen-bond donors (Lipinski definition) is 0. The van der Waals surface area contributed by atoms with Crippen molar-refractivity contribution >= 4 is 17.1 Å². The molecule has 0 spiro atoms. The third-order valence-electron chi connectivity index (χ3n) is 4.41. The van der Waals surface area contributed by atoms with E-state index in [0.717, 1.165) is 25.3 Å². The van der Waals surface area contributed by atoms with E-state index in [1.54, 1.807) is 18.5 Å². The summed E-state index contributed by atoms with van der Waals surface area (Å²) in [4.78, 5) is 17.3. The fourth-order valence-corrected chi connectivity index (χ4v) is 3.06. The number of aromatic nitrogens is 3. The van der Waals surface area contributed by atoms with Gasteiger partial charge >= 0.3 is 0 Å². The Hall–Kier alpha value is -2.54. The number of rotatable bonds is 4. The Balaban J connectivity index is 1.45. The van der Waals surface area contributed by atoms with Crippen LogP contribution in [0.25, 0.3) is 11.1 Å². The number of anilines is 1. The number of hydrogen-bond acceptors (Lipinski definition) is 6. The zero-order valence-corrected chi connectivity index (χ0v) is 13.4. The Morgan fingerprint density at radius 1 is 1.33 bits per heavy atom. The molecule has 0 amide bonds. The number of benzene rings is 1. The van der Waals surface area contributed by atoms with E-state index in [4.69, 9.17) is 4.42 Å². The highest BCUT2D eigenvalue weighted by atomic mass is 19.1. The van der Waals surface area contributed by atoms with Crippen LogP contribution < -0.4 is 4.90 Å². The molecule has 1 aliphatic heterocycles. The monoisotopic (exact) mass is 327 g/mol. The van der Waals surface area contributed by atoms with E-state index in [9.17, 15) is 4.39 Å². The van der Waals surface area contributed by atoms with Crippen molar-refractivity contribution in [3.8, 4) is 0 Å². The SMILES string of the molecule is CN(Cc1ncccn1)C1CCN(c2nc3cc(F)ccc3o2)C1. The first-order valence-electron chi connectivity index (χ1n) is 7.96. The van der Waals surface area contributed by atoms with Crippen molar-refractivity contribution in [1.82, 2.24) is 19.9 Å². The summed E-state index contributed by atoms with van der Waals surface area (Å²) in [6.45, 7) is 2.39. The minimum absolute atomic E-state index is 0.302. The Bertz CT molecular complexity index is 837. The number of nitrogens with zero attached hydrogens (tertiary/aromatic N) is 5. The summed E-state index contributed by atoms with van der Waals surface area (Å²) in [6.07, 6.45) is 4.53. The van der Waals surface area contributed by atoms with Gasteiger partial charge in [0, 0.05) is 37.6 Å². The van der Waals surface area contributed by atoms with Gasteiger partial charge in [-0.3, -0.25) is 4.90 Å². The van der Waals surface area contributed by atoms with Crippen molar-refractivity contribution in [1.29, 1.82) is 0 Å². The lowest BCUT2D eigenvalue weighted by Crippen LogP contribution is -2.34. The van der Waals surface area contributed by atoms with Crippen LogP contribution in [-0.4, -0.2) is 46.0 Å². The van der Waals surface area contributed by atoms with Crippen LogP contribution >= 0.6 is 0 Å². The van der Waals surface area contributed by atoms with Crippen molar-refractivity contribution < 1.29 is 8.81 Å². The van der Waals surface area contributed by atoms with Crippen molar-refractivity contribution in [2.45, 2.75) is 19.0 Å². The molecule has 24 heavy (non-hydrogen) atoms. The predicted molar refractivity (Wildman–Crippen MR) is 88.1 cm³/mol. The zero-order valence-electron chi connectivity index (χ0n) is 13.4. The van der Waals surface area contributed by atoms with Crippen LogP contribution in [0.4, 0.5) is 10.4 Å². The third-order valence-corrected chi connectivity index (χ3v) is 4.41. The predicted octanol–water partition coefficient (Wildman–Crippen LogP) is 2.47. The molecule has 0 saturated carbocycles. The smallest absolute Gasteiger partial charge is 0.298 e. The Morgan fingerprint density at radius 2 is 2.17 bits per heavy atom. The fraction of sp³-hybridized carbons (Fsp3) is 0.353. The second-order valence-corrected chi connectivity index (χ2v) is 6.08. The van der Waals surface area contributed by atoms with Gasteiger partial charge in [-0.2, -0.15) is 4.98 Å². The van der Waals surface area contributed by atoms with Crippen LogP contribution in [0.15, 0.2) is 41.1 Å². The molecule has 1 fully saturated rings. The second-order valence-electron chi connectivity index (χ2n) is 6.08. The highest BCUT2D eigenvalue weighted by Crippen LogP contribution is 2.26. The molecule has 0 radical (unpaired) electrons. The molecule has 6 nitrogen and oxygen atoms in total. The van der Waals surface area contributed by atoms with Gasteiger partial charge in [-0.25, -0.2) is 14.4 Å². The van der Waals surface area contributed by atoms with Gasteiger partial charge in [0.15, 0.2) is 5.58 Å². The lowest BCUT2D eigenvalue weighted by Gasteiger charge is -2.23. The molecule has 124 valence electrons. The topological polar surface area (TPSA) is 58.3 Å². The first-order chi connectivity index (χ1) is 11.7. The van der Waals surface area contributed by atoms with E-state index in [1.807, 2.05) is 6.07 Å². The normalized spacial score (nSPS) is 18.0. The van der Waals surface area contributed by atoms with Crippen molar-refractivity contribution in [2.75, 3.05) is 25.0 Å².